The Balaban J connectivity index is 1.73. The fourth-order valence-corrected chi connectivity index (χ4v) is 2.80. The van der Waals surface area contributed by atoms with Crippen LogP contribution in [0, 0.1) is 5.92 Å². The lowest BCUT2D eigenvalue weighted by molar-refractivity contribution is 0.166. The first kappa shape index (κ1) is 14.6. The van der Waals surface area contributed by atoms with Crippen LogP contribution in [0.15, 0.2) is 4.99 Å². The minimum atomic E-state index is 0.645. The van der Waals surface area contributed by atoms with E-state index in [1.165, 1.54) is 32.2 Å². The predicted octanol–water partition coefficient (Wildman–Crippen LogP) is 1.82. The first-order valence-corrected chi connectivity index (χ1v) is 7.99. The molecule has 1 aliphatic carbocycles. The molecule has 4 heteroatoms. The number of likely N-dealkylation sites (tertiary alicyclic amines) is 1. The highest BCUT2D eigenvalue weighted by Crippen LogP contribution is 2.28. The number of hydrogen-bond donors (Lipinski definition) is 2. The van der Waals surface area contributed by atoms with Crippen molar-refractivity contribution < 1.29 is 0 Å². The zero-order chi connectivity index (χ0) is 13.7. The molecule has 2 rings (SSSR count). The lowest BCUT2D eigenvalue weighted by atomic mass is 10.0. The Labute approximate surface area is 118 Å². The molecule has 1 saturated heterocycles. The highest BCUT2D eigenvalue weighted by Gasteiger charge is 2.33. The van der Waals surface area contributed by atoms with Gasteiger partial charge in [-0.2, -0.15) is 0 Å². The Morgan fingerprint density at radius 2 is 2.11 bits per heavy atom. The van der Waals surface area contributed by atoms with Gasteiger partial charge in [-0.15, -0.1) is 0 Å². The molecule has 1 heterocycles. The predicted molar refractivity (Wildman–Crippen MR) is 81.6 cm³/mol. The van der Waals surface area contributed by atoms with E-state index in [-0.39, 0.29) is 0 Å². The van der Waals surface area contributed by atoms with Crippen molar-refractivity contribution in [2.75, 3.05) is 26.2 Å². The van der Waals surface area contributed by atoms with Crippen molar-refractivity contribution in [3.63, 3.8) is 0 Å². The summed E-state index contributed by atoms with van der Waals surface area (Å²) >= 11 is 0. The minimum absolute atomic E-state index is 0.645. The third kappa shape index (κ3) is 4.68. The number of rotatable bonds is 5. The van der Waals surface area contributed by atoms with Gasteiger partial charge < -0.3 is 10.6 Å². The minimum Gasteiger partial charge on any atom is -0.357 e. The number of guanidine groups is 1. The van der Waals surface area contributed by atoms with Gasteiger partial charge in [0.1, 0.15) is 0 Å². The number of nitrogens with one attached hydrogen (secondary N) is 2. The molecule has 1 aliphatic heterocycles. The zero-order valence-electron chi connectivity index (χ0n) is 12.8. The molecule has 4 nitrogen and oxygen atoms in total. The van der Waals surface area contributed by atoms with Crippen molar-refractivity contribution in [3.8, 4) is 0 Å². The van der Waals surface area contributed by atoms with E-state index >= 15 is 0 Å². The van der Waals surface area contributed by atoms with Gasteiger partial charge in [0.05, 0.1) is 6.54 Å². The van der Waals surface area contributed by atoms with Crippen molar-refractivity contribution in [3.05, 3.63) is 0 Å². The highest BCUT2D eigenvalue weighted by molar-refractivity contribution is 5.80. The molecule has 110 valence electrons. The van der Waals surface area contributed by atoms with E-state index in [2.05, 4.69) is 36.3 Å². The van der Waals surface area contributed by atoms with Crippen LogP contribution in [-0.4, -0.2) is 49.1 Å². The molecule has 1 saturated carbocycles. The maximum Gasteiger partial charge on any atom is 0.191 e. The van der Waals surface area contributed by atoms with Gasteiger partial charge in [0.15, 0.2) is 5.96 Å². The number of hydrogen-bond acceptors (Lipinski definition) is 2. The lowest BCUT2D eigenvalue weighted by Crippen LogP contribution is -2.41. The maximum atomic E-state index is 4.71. The molecule has 0 amide bonds. The van der Waals surface area contributed by atoms with E-state index in [1.807, 2.05) is 0 Å². The zero-order valence-corrected chi connectivity index (χ0v) is 12.8. The van der Waals surface area contributed by atoms with Crippen molar-refractivity contribution >= 4 is 5.96 Å². The average molecular weight is 266 g/mol. The van der Waals surface area contributed by atoms with Gasteiger partial charge in [-0.1, -0.05) is 13.3 Å². The summed E-state index contributed by atoms with van der Waals surface area (Å²) in [6.45, 7) is 10.9. The quantitative estimate of drug-likeness (QED) is 0.589. The van der Waals surface area contributed by atoms with Crippen LogP contribution < -0.4 is 10.6 Å². The van der Waals surface area contributed by atoms with E-state index in [4.69, 9.17) is 4.99 Å². The van der Waals surface area contributed by atoms with E-state index in [0.29, 0.717) is 6.04 Å². The molecule has 0 aromatic carbocycles. The van der Waals surface area contributed by atoms with Crippen LogP contribution in [0.1, 0.15) is 46.5 Å². The second kappa shape index (κ2) is 7.13. The summed E-state index contributed by atoms with van der Waals surface area (Å²) in [6.07, 6.45) is 5.38. The van der Waals surface area contributed by atoms with Crippen LogP contribution in [0.25, 0.3) is 0 Å². The highest BCUT2D eigenvalue weighted by atomic mass is 15.2. The fraction of sp³-hybridized carbons (Fsp3) is 0.933. The Morgan fingerprint density at radius 1 is 1.32 bits per heavy atom. The summed E-state index contributed by atoms with van der Waals surface area (Å²) < 4.78 is 0. The van der Waals surface area contributed by atoms with Crippen molar-refractivity contribution in [1.29, 1.82) is 0 Å². The number of nitrogens with zero attached hydrogens (tertiary/aromatic N) is 2. The van der Waals surface area contributed by atoms with Crippen LogP contribution in [0.2, 0.25) is 0 Å². The number of aliphatic imine (C=N–C) groups is 1. The molecule has 0 spiro atoms. The summed E-state index contributed by atoms with van der Waals surface area (Å²) in [5, 5.41) is 6.85. The number of piperidine rings is 1. The average Bonchev–Trinajstić information content (AvgIpc) is 3.07. The van der Waals surface area contributed by atoms with Gasteiger partial charge in [-0.05, 0) is 45.6 Å². The molecule has 3 unspecified atom stereocenters. The van der Waals surface area contributed by atoms with Gasteiger partial charge in [-0.25, -0.2) is 0 Å². The van der Waals surface area contributed by atoms with Crippen molar-refractivity contribution in [1.82, 2.24) is 15.5 Å². The SMILES string of the molecule is CCNC(=NCCN1CCCCC1C)NC1CC1C. The molecule has 19 heavy (non-hydrogen) atoms. The lowest BCUT2D eigenvalue weighted by Gasteiger charge is -2.32. The third-order valence-electron chi connectivity index (χ3n) is 4.37. The molecule has 2 N–H and O–H groups in total. The van der Waals surface area contributed by atoms with Crippen LogP contribution in [0.5, 0.6) is 0 Å². The molecular weight excluding hydrogens is 236 g/mol. The Morgan fingerprint density at radius 3 is 2.74 bits per heavy atom. The Kier molecular flexibility index (Phi) is 5.49. The molecule has 0 bridgehead atoms. The summed E-state index contributed by atoms with van der Waals surface area (Å²) in [6, 6.07) is 1.38. The van der Waals surface area contributed by atoms with Crippen LogP contribution in [0.4, 0.5) is 0 Å². The topological polar surface area (TPSA) is 39.7 Å². The monoisotopic (exact) mass is 266 g/mol. The summed E-state index contributed by atoms with van der Waals surface area (Å²) in [5.41, 5.74) is 0. The molecule has 0 aromatic heterocycles. The standard InChI is InChI=1S/C15H30N4/c1-4-16-15(18-14-11-12(14)2)17-8-10-19-9-6-5-7-13(19)3/h12-14H,4-11H2,1-3H3,(H2,16,17,18). The van der Waals surface area contributed by atoms with Crippen LogP contribution >= 0.6 is 0 Å². The van der Waals surface area contributed by atoms with Gasteiger partial charge in [-0.3, -0.25) is 9.89 Å². The first-order chi connectivity index (χ1) is 9.20. The second-order valence-electron chi connectivity index (χ2n) is 6.11. The fourth-order valence-electron chi connectivity index (χ4n) is 2.80. The van der Waals surface area contributed by atoms with Crippen LogP contribution in [0.3, 0.4) is 0 Å². The molecule has 0 aromatic rings. The van der Waals surface area contributed by atoms with Crippen molar-refractivity contribution in [2.45, 2.75) is 58.5 Å². The largest absolute Gasteiger partial charge is 0.357 e. The molecule has 3 atom stereocenters. The first-order valence-electron chi connectivity index (χ1n) is 7.99. The van der Waals surface area contributed by atoms with Crippen LogP contribution in [-0.2, 0) is 0 Å². The third-order valence-corrected chi connectivity index (χ3v) is 4.37. The van der Waals surface area contributed by atoms with Crippen molar-refractivity contribution in [2.24, 2.45) is 10.9 Å². The molecule has 0 radical (unpaired) electrons. The van der Waals surface area contributed by atoms with Gasteiger partial charge in [0, 0.05) is 25.2 Å². The van der Waals surface area contributed by atoms with E-state index in [0.717, 1.165) is 37.6 Å². The molecular formula is C15H30N4. The van der Waals surface area contributed by atoms with Gasteiger partial charge in [0.25, 0.3) is 0 Å². The van der Waals surface area contributed by atoms with Gasteiger partial charge >= 0.3 is 0 Å². The van der Waals surface area contributed by atoms with E-state index < -0.39 is 0 Å². The normalized spacial score (nSPS) is 32.2. The van der Waals surface area contributed by atoms with Gasteiger partial charge in [0.2, 0.25) is 0 Å². The molecule has 2 fully saturated rings. The summed E-state index contributed by atoms with van der Waals surface area (Å²) in [7, 11) is 0. The maximum absolute atomic E-state index is 4.71. The van der Waals surface area contributed by atoms with E-state index in [1.54, 1.807) is 0 Å². The smallest absolute Gasteiger partial charge is 0.191 e. The summed E-state index contributed by atoms with van der Waals surface area (Å²) in [5.74, 6) is 1.81. The summed E-state index contributed by atoms with van der Waals surface area (Å²) in [4.78, 5) is 7.29. The Bertz CT molecular complexity index is 303. The second-order valence-corrected chi connectivity index (χ2v) is 6.11. The van der Waals surface area contributed by atoms with E-state index in [9.17, 15) is 0 Å². The Hall–Kier alpha value is -0.770. The molecule has 2 aliphatic rings.